The van der Waals surface area contributed by atoms with Crippen LogP contribution < -0.4 is 5.32 Å². The predicted octanol–water partition coefficient (Wildman–Crippen LogP) is 0.0820. The van der Waals surface area contributed by atoms with Gasteiger partial charge < -0.3 is 29.5 Å². The van der Waals surface area contributed by atoms with Gasteiger partial charge in [0.15, 0.2) is 0 Å². The van der Waals surface area contributed by atoms with Gasteiger partial charge in [-0.05, 0) is 25.1 Å². The normalized spacial score (nSPS) is 19.8. The summed E-state index contributed by atoms with van der Waals surface area (Å²) in [7, 11) is 1.21. The number of esters is 1. The van der Waals surface area contributed by atoms with Gasteiger partial charge in [-0.15, -0.1) is 0 Å². The molecule has 174 valence electrons. The topological polar surface area (TPSA) is 108 Å². The Hall–Kier alpha value is -3.21. The van der Waals surface area contributed by atoms with E-state index in [0.717, 1.165) is 6.07 Å². The zero-order valence-corrected chi connectivity index (χ0v) is 18.1. The number of hydrogen-bond acceptors (Lipinski definition) is 6. The average molecular weight is 450 g/mol. The molecule has 2 aliphatic heterocycles. The Bertz CT molecular complexity index is 876. The van der Waals surface area contributed by atoms with E-state index in [1.165, 1.54) is 42.0 Å². The SMILES string of the molecule is COC(=O)C(C)NC(=O)C1CN(C(=O)c2cccc(F)c2)CCN1C(=O)N1CCOCC1. The van der Waals surface area contributed by atoms with Gasteiger partial charge in [0.2, 0.25) is 5.91 Å². The lowest BCUT2D eigenvalue weighted by Gasteiger charge is -2.43. The monoisotopic (exact) mass is 450 g/mol. The highest BCUT2D eigenvalue weighted by molar-refractivity contribution is 5.96. The zero-order valence-electron chi connectivity index (χ0n) is 18.1. The van der Waals surface area contributed by atoms with Gasteiger partial charge in [-0.3, -0.25) is 9.59 Å². The molecule has 0 bridgehead atoms. The third-order valence-corrected chi connectivity index (χ3v) is 5.48. The van der Waals surface area contributed by atoms with E-state index in [0.29, 0.717) is 26.3 Å². The number of amides is 4. The van der Waals surface area contributed by atoms with Gasteiger partial charge in [0, 0.05) is 31.7 Å². The van der Waals surface area contributed by atoms with Gasteiger partial charge in [0.1, 0.15) is 17.9 Å². The highest BCUT2D eigenvalue weighted by atomic mass is 19.1. The van der Waals surface area contributed by atoms with Crippen LogP contribution in [0.15, 0.2) is 24.3 Å². The van der Waals surface area contributed by atoms with Gasteiger partial charge in [0.05, 0.1) is 26.9 Å². The van der Waals surface area contributed by atoms with Crippen LogP contribution in [-0.4, -0.2) is 104 Å². The summed E-state index contributed by atoms with van der Waals surface area (Å²) < 4.78 is 23.5. The molecule has 2 atom stereocenters. The number of ether oxygens (including phenoxy) is 2. The molecule has 2 unspecified atom stereocenters. The predicted molar refractivity (Wildman–Crippen MR) is 110 cm³/mol. The van der Waals surface area contributed by atoms with Crippen LogP contribution >= 0.6 is 0 Å². The minimum atomic E-state index is -1.02. The van der Waals surface area contributed by atoms with Crippen molar-refractivity contribution in [2.45, 2.75) is 19.0 Å². The maximum absolute atomic E-state index is 13.6. The van der Waals surface area contributed by atoms with E-state index in [4.69, 9.17) is 4.74 Å². The summed E-state index contributed by atoms with van der Waals surface area (Å²) in [5.41, 5.74) is 0.153. The quantitative estimate of drug-likeness (QED) is 0.651. The number of methoxy groups -OCH3 is 1. The first kappa shape index (κ1) is 23.5. The molecule has 2 saturated heterocycles. The molecule has 0 spiro atoms. The number of rotatable bonds is 4. The highest BCUT2D eigenvalue weighted by Crippen LogP contribution is 2.17. The largest absolute Gasteiger partial charge is 0.467 e. The third-order valence-electron chi connectivity index (χ3n) is 5.48. The van der Waals surface area contributed by atoms with E-state index in [-0.39, 0.29) is 31.2 Å². The molecule has 2 fully saturated rings. The number of morpholine rings is 1. The summed E-state index contributed by atoms with van der Waals surface area (Å²) in [5, 5.41) is 2.55. The summed E-state index contributed by atoms with van der Waals surface area (Å²) in [6.45, 7) is 3.27. The molecular formula is C21H27FN4O6. The minimum Gasteiger partial charge on any atom is -0.467 e. The van der Waals surface area contributed by atoms with E-state index in [1.54, 1.807) is 4.90 Å². The van der Waals surface area contributed by atoms with E-state index >= 15 is 0 Å². The van der Waals surface area contributed by atoms with Crippen LogP contribution in [0.3, 0.4) is 0 Å². The van der Waals surface area contributed by atoms with Crippen molar-refractivity contribution in [3.8, 4) is 0 Å². The van der Waals surface area contributed by atoms with E-state index in [9.17, 15) is 23.6 Å². The van der Waals surface area contributed by atoms with Crippen LogP contribution in [0.25, 0.3) is 0 Å². The molecule has 10 nitrogen and oxygen atoms in total. The lowest BCUT2D eigenvalue weighted by atomic mass is 10.1. The summed E-state index contributed by atoms with van der Waals surface area (Å²) in [4.78, 5) is 55.2. The van der Waals surface area contributed by atoms with Crippen molar-refractivity contribution in [3.63, 3.8) is 0 Å². The fourth-order valence-corrected chi connectivity index (χ4v) is 3.71. The second-order valence-corrected chi connectivity index (χ2v) is 7.61. The Kier molecular flexibility index (Phi) is 7.62. The first-order valence-electron chi connectivity index (χ1n) is 10.4. The summed E-state index contributed by atoms with van der Waals surface area (Å²) >= 11 is 0. The number of nitrogens with one attached hydrogen (secondary N) is 1. The molecule has 32 heavy (non-hydrogen) atoms. The maximum atomic E-state index is 13.6. The Morgan fingerprint density at radius 3 is 2.50 bits per heavy atom. The molecule has 11 heteroatoms. The number of carbonyl (C=O) groups excluding carboxylic acids is 4. The lowest BCUT2D eigenvalue weighted by Crippen LogP contribution is -2.65. The molecule has 0 saturated carbocycles. The summed E-state index contributed by atoms with van der Waals surface area (Å²) in [5.74, 6) is -2.20. The molecule has 0 radical (unpaired) electrons. The Morgan fingerprint density at radius 1 is 1.12 bits per heavy atom. The number of nitrogens with zero attached hydrogens (tertiary/aromatic N) is 3. The maximum Gasteiger partial charge on any atom is 0.328 e. The second kappa shape index (κ2) is 10.4. The number of benzene rings is 1. The standard InChI is InChI=1S/C21H27FN4O6/c1-14(20(29)31-2)23-18(27)17-13-25(19(28)15-4-3-5-16(22)12-15)6-7-26(17)21(30)24-8-10-32-11-9-24/h3-5,12,14,17H,6-11,13H2,1-2H3,(H,23,27). The van der Waals surface area contributed by atoms with Crippen molar-refractivity contribution in [2.24, 2.45) is 0 Å². The van der Waals surface area contributed by atoms with Gasteiger partial charge in [-0.1, -0.05) is 6.07 Å². The van der Waals surface area contributed by atoms with Crippen LogP contribution in [-0.2, 0) is 19.1 Å². The van der Waals surface area contributed by atoms with Crippen molar-refractivity contribution < 1.29 is 33.0 Å². The highest BCUT2D eigenvalue weighted by Gasteiger charge is 2.40. The van der Waals surface area contributed by atoms with Crippen LogP contribution in [0, 0.1) is 5.82 Å². The van der Waals surface area contributed by atoms with Crippen molar-refractivity contribution in [2.75, 3.05) is 53.0 Å². The summed E-state index contributed by atoms with van der Waals surface area (Å²) in [6.07, 6.45) is 0. The molecule has 1 aromatic carbocycles. The van der Waals surface area contributed by atoms with Crippen LogP contribution in [0.1, 0.15) is 17.3 Å². The smallest absolute Gasteiger partial charge is 0.328 e. The molecule has 0 aromatic heterocycles. The number of hydrogen-bond donors (Lipinski definition) is 1. The van der Waals surface area contributed by atoms with Crippen LogP contribution in [0.5, 0.6) is 0 Å². The molecular weight excluding hydrogens is 423 g/mol. The van der Waals surface area contributed by atoms with Crippen molar-refractivity contribution in [3.05, 3.63) is 35.6 Å². The van der Waals surface area contributed by atoms with E-state index in [2.05, 4.69) is 10.1 Å². The van der Waals surface area contributed by atoms with Gasteiger partial charge in [0.25, 0.3) is 5.91 Å². The number of carbonyl (C=O) groups is 4. The van der Waals surface area contributed by atoms with Crippen molar-refractivity contribution >= 4 is 23.8 Å². The fourth-order valence-electron chi connectivity index (χ4n) is 3.71. The van der Waals surface area contributed by atoms with Crippen molar-refractivity contribution in [1.82, 2.24) is 20.0 Å². The molecule has 1 N–H and O–H groups in total. The fraction of sp³-hybridized carbons (Fsp3) is 0.524. The number of halogens is 1. The Morgan fingerprint density at radius 2 is 1.84 bits per heavy atom. The van der Waals surface area contributed by atoms with E-state index < -0.39 is 35.7 Å². The van der Waals surface area contributed by atoms with E-state index in [1.807, 2.05) is 0 Å². The van der Waals surface area contributed by atoms with Gasteiger partial charge in [-0.2, -0.15) is 0 Å². The van der Waals surface area contributed by atoms with Crippen LogP contribution in [0.2, 0.25) is 0 Å². The molecule has 0 aliphatic carbocycles. The third kappa shape index (κ3) is 5.34. The molecule has 2 aliphatic rings. The van der Waals surface area contributed by atoms with Gasteiger partial charge >= 0.3 is 12.0 Å². The lowest BCUT2D eigenvalue weighted by molar-refractivity contribution is -0.145. The summed E-state index contributed by atoms with van der Waals surface area (Å²) in [6, 6.07) is 3.00. The zero-order chi connectivity index (χ0) is 23.3. The van der Waals surface area contributed by atoms with Gasteiger partial charge in [-0.25, -0.2) is 14.0 Å². The minimum absolute atomic E-state index is 0.0921. The first-order valence-corrected chi connectivity index (χ1v) is 10.4. The molecule has 3 rings (SSSR count). The van der Waals surface area contributed by atoms with Crippen LogP contribution in [0.4, 0.5) is 9.18 Å². The number of urea groups is 1. The number of piperazine rings is 1. The Balaban J connectivity index is 1.79. The first-order chi connectivity index (χ1) is 15.3. The van der Waals surface area contributed by atoms with Crippen molar-refractivity contribution in [1.29, 1.82) is 0 Å². The average Bonchev–Trinajstić information content (AvgIpc) is 2.82. The Labute approximate surface area is 185 Å². The molecule has 2 heterocycles. The second-order valence-electron chi connectivity index (χ2n) is 7.61. The molecule has 4 amide bonds. The molecule has 1 aromatic rings.